The van der Waals surface area contributed by atoms with E-state index in [1.807, 2.05) is 25.1 Å². The van der Waals surface area contributed by atoms with Gasteiger partial charge in [-0.05, 0) is 44.0 Å². The Morgan fingerprint density at radius 3 is 2.52 bits per heavy atom. The van der Waals surface area contributed by atoms with E-state index in [4.69, 9.17) is 5.26 Å². The Morgan fingerprint density at radius 1 is 1.09 bits per heavy atom. The highest BCUT2D eigenvalue weighted by molar-refractivity contribution is 5.58. The zero-order valence-electron chi connectivity index (χ0n) is 13.3. The van der Waals surface area contributed by atoms with Crippen molar-refractivity contribution in [3.05, 3.63) is 41.6 Å². The molecule has 0 bridgehead atoms. The van der Waals surface area contributed by atoms with Gasteiger partial charge in [-0.3, -0.25) is 0 Å². The first kappa shape index (κ1) is 15.3. The first-order valence-electron chi connectivity index (χ1n) is 8.12. The van der Waals surface area contributed by atoms with Crippen LogP contribution in [0.15, 0.2) is 30.3 Å². The molecule has 5 nitrogen and oxygen atoms in total. The molecule has 0 spiro atoms. The largest absolute Gasteiger partial charge is 0.351 e. The molecule has 2 aromatic rings. The summed E-state index contributed by atoms with van der Waals surface area (Å²) in [4.78, 5) is 9.06. The molecule has 0 radical (unpaired) electrons. The summed E-state index contributed by atoms with van der Waals surface area (Å²) >= 11 is 0. The number of rotatable bonds is 4. The van der Waals surface area contributed by atoms with E-state index in [1.54, 1.807) is 12.1 Å². The van der Waals surface area contributed by atoms with Gasteiger partial charge in [0, 0.05) is 23.5 Å². The van der Waals surface area contributed by atoms with Gasteiger partial charge in [-0.1, -0.05) is 19.3 Å². The summed E-state index contributed by atoms with van der Waals surface area (Å²) in [5.41, 5.74) is 2.48. The van der Waals surface area contributed by atoms with Crippen molar-refractivity contribution >= 4 is 17.5 Å². The number of hydrogen-bond acceptors (Lipinski definition) is 5. The van der Waals surface area contributed by atoms with Crippen molar-refractivity contribution in [3.63, 3.8) is 0 Å². The van der Waals surface area contributed by atoms with E-state index in [0.29, 0.717) is 17.6 Å². The van der Waals surface area contributed by atoms with Crippen LogP contribution in [0.3, 0.4) is 0 Å². The van der Waals surface area contributed by atoms with Gasteiger partial charge in [0.25, 0.3) is 0 Å². The Morgan fingerprint density at radius 2 is 1.83 bits per heavy atom. The maximum absolute atomic E-state index is 8.85. The normalized spacial score (nSPS) is 15.0. The lowest BCUT2D eigenvalue weighted by molar-refractivity contribution is 0.461. The highest BCUT2D eigenvalue weighted by Gasteiger charge is 2.14. The number of aromatic nitrogens is 2. The number of nitriles is 1. The van der Waals surface area contributed by atoms with Gasteiger partial charge < -0.3 is 10.6 Å². The Hall–Kier alpha value is -2.61. The fourth-order valence-electron chi connectivity index (χ4n) is 2.90. The van der Waals surface area contributed by atoms with E-state index in [2.05, 4.69) is 26.7 Å². The molecule has 1 aromatic heterocycles. The van der Waals surface area contributed by atoms with E-state index >= 15 is 0 Å². The molecule has 0 aliphatic heterocycles. The van der Waals surface area contributed by atoms with Crippen LogP contribution in [-0.2, 0) is 0 Å². The minimum atomic E-state index is 0.480. The van der Waals surface area contributed by atoms with E-state index in [1.165, 1.54) is 32.1 Å². The van der Waals surface area contributed by atoms with E-state index < -0.39 is 0 Å². The summed E-state index contributed by atoms with van der Waals surface area (Å²) in [6.07, 6.45) is 6.27. The first-order chi connectivity index (χ1) is 11.2. The van der Waals surface area contributed by atoms with Crippen LogP contribution in [0.5, 0.6) is 0 Å². The molecule has 118 valence electrons. The maximum Gasteiger partial charge on any atom is 0.225 e. The topological polar surface area (TPSA) is 73.6 Å². The average molecular weight is 307 g/mol. The van der Waals surface area contributed by atoms with Crippen molar-refractivity contribution in [2.24, 2.45) is 0 Å². The number of benzene rings is 1. The Balaban J connectivity index is 1.72. The van der Waals surface area contributed by atoms with Gasteiger partial charge in [-0.2, -0.15) is 10.2 Å². The van der Waals surface area contributed by atoms with Gasteiger partial charge in [0.2, 0.25) is 5.95 Å². The Labute approximate surface area is 136 Å². The summed E-state index contributed by atoms with van der Waals surface area (Å²) in [6, 6.07) is 11.9. The molecule has 0 amide bonds. The van der Waals surface area contributed by atoms with Crippen LogP contribution < -0.4 is 10.6 Å². The highest BCUT2D eigenvalue weighted by atomic mass is 15.2. The van der Waals surface area contributed by atoms with Gasteiger partial charge in [-0.15, -0.1) is 0 Å². The molecular formula is C18H21N5. The van der Waals surface area contributed by atoms with Gasteiger partial charge in [0.05, 0.1) is 11.6 Å². The van der Waals surface area contributed by atoms with E-state index in [0.717, 1.165) is 17.2 Å². The lowest BCUT2D eigenvalue weighted by Crippen LogP contribution is -2.23. The smallest absolute Gasteiger partial charge is 0.225 e. The third-order valence-corrected chi connectivity index (χ3v) is 4.08. The highest BCUT2D eigenvalue weighted by Crippen LogP contribution is 2.22. The van der Waals surface area contributed by atoms with Crippen molar-refractivity contribution in [3.8, 4) is 6.07 Å². The van der Waals surface area contributed by atoms with Crippen LogP contribution in [-0.4, -0.2) is 16.0 Å². The number of aryl methyl sites for hydroxylation is 1. The maximum atomic E-state index is 8.85. The predicted molar refractivity (Wildman–Crippen MR) is 91.7 cm³/mol. The lowest BCUT2D eigenvalue weighted by atomic mass is 9.96. The molecule has 23 heavy (non-hydrogen) atoms. The summed E-state index contributed by atoms with van der Waals surface area (Å²) < 4.78 is 0. The number of hydrogen-bond donors (Lipinski definition) is 2. The quantitative estimate of drug-likeness (QED) is 0.888. The number of nitrogens with one attached hydrogen (secondary N) is 2. The molecule has 5 heteroatoms. The lowest BCUT2D eigenvalue weighted by Gasteiger charge is -2.23. The summed E-state index contributed by atoms with van der Waals surface area (Å²) in [5.74, 6) is 1.45. The molecule has 1 heterocycles. The Kier molecular flexibility index (Phi) is 4.72. The molecule has 1 aromatic carbocycles. The monoisotopic (exact) mass is 307 g/mol. The molecule has 0 atom stereocenters. The van der Waals surface area contributed by atoms with Crippen molar-refractivity contribution < 1.29 is 0 Å². The van der Waals surface area contributed by atoms with E-state index in [-0.39, 0.29) is 0 Å². The molecular weight excluding hydrogens is 286 g/mol. The SMILES string of the molecule is Cc1cc(Nc2ccc(C#N)cc2)nc(NC2CCCCC2)n1. The van der Waals surface area contributed by atoms with Crippen LogP contribution >= 0.6 is 0 Å². The minimum Gasteiger partial charge on any atom is -0.351 e. The van der Waals surface area contributed by atoms with Crippen LogP contribution in [0.25, 0.3) is 0 Å². The van der Waals surface area contributed by atoms with Gasteiger partial charge in [0.15, 0.2) is 0 Å². The molecule has 1 fully saturated rings. The third-order valence-electron chi connectivity index (χ3n) is 4.08. The summed E-state index contributed by atoms with van der Waals surface area (Å²) in [7, 11) is 0. The van der Waals surface area contributed by atoms with Crippen LogP contribution in [0.4, 0.5) is 17.5 Å². The summed E-state index contributed by atoms with van der Waals surface area (Å²) in [6.45, 7) is 1.97. The van der Waals surface area contributed by atoms with Crippen LogP contribution in [0, 0.1) is 18.3 Å². The summed E-state index contributed by atoms with van der Waals surface area (Å²) in [5, 5.41) is 15.6. The molecule has 1 saturated carbocycles. The van der Waals surface area contributed by atoms with E-state index in [9.17, 15) is 0 Å². The second-order valence-corrected chi connectivity index (χ2v) is 6.01. The van der Waals surface area contributed by atoms with Gasteiger partial charge in [-0.25, -0.2) is 4.98 Å². The molecule has 1 aliphatic rings. The average Bonchev–Trinajstić information content (AvgIpc) is 2.56. The predicted octanol–water partition coefficient (Wildman–Crippen LogP) is 4.14. The van der Waals surface area contributed by atoms with Crippen molar-refractivity contribution in [2.75, 3.05) is 10.6 Å². The van der Waals surface area contributed by atoms with Crippen molar-refractivity contribution in [2.45, 2.75) is 45.1 Å². The van der Waals surface area contributed by atoms with Crippen molar-refractivity contribution in [1.82, 2.24) is 9.97 Å². The fraction of sp³-hybridized carbons (Fsp3) is 0.389. The zero-order valence-corrected chi connectivity index (χ0v) is 13.3. The van der Waals surface area contributed by atoms with Crippen molar-refractivity contribution in [1.29, 1.82) is 5.26 Å². The van der Waals surface area contributed by atoms with Gasteiger partial charge >= 0.3 is 0 Å². The fourth-order valence-corrected chi connectivity index (χ4v) is 2.90. The standard InChI is InChI=1S/C18H21N5/c1-13-11-17(21-16-9-7-14(12-19)8-10-16)23-18(20-13)22-15-5-3-2-4-6-15/h7-11,15H,2-6H2,1H3,(H2,20,21,22,23). The number of nitrogens with zero attached hydrogens (tertiary/aromatic N) is 3. The Bertz CT molecular complexity index is 696. The first-order valence-corrected chi connectivity index (χ1v) is 8.12. The molecule has 0 saturated heterocycles. The van der Waals surface area contributed by atoms with Crippen LogP contribution in [0.1, 0.15) is 43.4 Å². The molecule has 3 rings (SSSR count). The number of anilines is 3. The second-order valence-electron chi connectivity index (χ2n) is 6.01. The zero-order chi connectivity index (χ0) is 16.1. The molecule has 2 N–H and O–H groups in total. The van der Waals surface area contributed by atoms with Gasteiger partial charge in [0.1, 0.15) is 5.82 Å². The second kappa shape index (κ2) is 7.10. The third kappa shape index (κ3) is 4.19. The van der Waals surface area contributed by atoms with Crippen LogP contribution in [0.2, 0.25) is 0 Å². The minimum absolute atomic E-state index is 0.480. The molecule has 0 unspecified atom stereocenters. The molecule has 1 aliphatic carbocycles.